The van der Waals surface area contributed by atoms with Gasteiger partial charge in [-0.05, 0) is 24.3 Å². The third kappa shape index (κ3) is 1.63. The molecular weight excluding hydrogens is 242 g/mol. The lowest BCUT2D eigenvalue weighted by molar-refractivity contribution is -0.394. The molecule has 0 aliphatic carbocycles. The Morgan fingerprint density at radius 1 is 1.21 bits per heavy atom. The lowest BCUT2D eigenvalue weighted by Gasteiger charge is -1.98. The smallest absolute Gasteiger partial charge is 0.364 e. The zero-order chi connectivity index (χ0) is 10.1. The summed E-state index contributed by atoms with van der Waals surface area (Å²) < 4.78 is 1.03. The van der Waals surface area contributed by atoms with Crippen LogP contribution >= 0.6 is 15.9 Å². The molecular formula is C11H9BrNO+. The van der Waals surface area contributed by atoms with Crippen molar-refractivity contribution in [3.05, 3.63) is 52.7 Å². The highest BCUT2D eigenvalue weighted by atomic mass is 79.9. The normalized spacial score (nSPS) is 15.4. The molecule has 0 radical (unpaired) electrons. The molecule has 1 aliphatic rings. The number of aliphatic hydroxyl groups is 1. The minimum absolute atomic E-state index is 0.146. The Morgan fingerprint density at radius 3 is 2.36 bits per heavy atom. The third-order valence-electron chi connectivity index (χ3n) is 2.04. The van der Waals surface area contributed by atoms with Crippen molar-refractivity contribution >= 4 is 27.4 Å². The van der Waals surface area contributed by atoms with Gasteiger partial charge in [-0.25, -0.2) is 0 Å². The van der Waals surface area contributed by atoms with E-state index in [1.165, 1.54) is 0 Å². The number of nitrogens with one attached hydrogen (secondary N) is 1. The van der Waals surface area contributed by atoms with E-state index in [1.807, 2.05) is 24.3 Å². The first-order chi connectivity index (χ1) is 6.66. The van der Waals surface area contributed by atoms with Crippen molar-refractivity contribution in [3.8, 4) is 0 Å². The summed E-state index contributed by atoms with van der Waals surface area (Å²) in [4.78, 5) is 2.75. The number of rotatable bonds is 1. The van der Waals surface area contributed by atoms with Gasteiger partial charge < -0.3 is 5.11 Å². The molecule has 0 atom stereocenters. The predicted molar refractivity (Wildman–Crippen MR) is 59.9 cm³/mol. The Morgan fingerprint density at radius 2 is 1.86 bits per heavy atom. The van der Waals surface area contributed by atoms with E-state index in [4.69, 9.17) is 0 Å². The minimum atomic E-state index is 0.146. The van der Waals surface area contributed by atoms with Crippen LogP contribution in [0.3, 0.4) is 0 Å². The number of aliphatic hydroxyl groups excluding tert-OH is 1. The zero-order valence-electron chi connectivity index (χ0n) is 7.42. The van der Waals surface area contributed by atoms with E-state index in [2.05, 4.69) is 27.5 Å². The van der Waals surface area contributed by atoms with Gasteiger partial charge in [-0.3, -0.25) is 0 Å². The van der Waals surface area contributed by atoms with Crippen LogP contribution in [0.1, 0.15) is 5.56 Å². The number of allylic oxidation sites excluding steroid dienone is 1. The molecule has 3 heteroatoms. The highest BCUT2D eigenvalue weighted by Crippen LogP contribution is 2.21. The van der Waals surface area contributed by atoms with E-state index in [-0.39, 0.29) is 5.90 Å². The Bertz CT molecular complexity index is 443. The molecule has 0 spiro atoms. The van der Waals surface area contributed by atoms with Crippen molar-refractivity contribution in [2.24, 2.45) is 0 Å². The topological polar surface area (TPSA) is 34.2 Å². The summed E-state index contributed by atoms with van der Waals surface area (Å²) in [5.74, 6) is 0.146. The summed E-state index contributed by atoms with van der Waals surface area (Å²) in [6, 6.07) is 7.86. The lowest BCUT2D eigenvalue weighted by atomic mass is 10.1. The van der Waals surface area contributed by atoms with Crippen LogP contribution in [-0.2, 0) is 0 Å². The van der Waals surface area contributed by atoms with E-state index >= 15 is 0 Å². The second kappa shape index (κ2) is 3.42. The van der Waals surface area contributed by atoms with E-state index in [0.717, 1.165) is 21.3 Å². The molecule has 0 aromatic heterocycles. The van der Waals surface area contributed by atoms with Gasteiger partial charge in [-0.15, -0.1) is 0 Å². The van der Waals surface area contributed by atoms with Gasteiger partial charge >= 0.3 is 5.90 Å². The minimum Gasteiger partial charge on any atom is -0.460 e. The highest BCUT2D eigenvalue weighted by Gasteiger charge is 2.19. The molecule has 1 aromatic rings. The van der Waals surface area contributed by atoms with Crippen LogP contribution in [0.2, 0.25) is 0 Å². The first kappa shape index (κ1) is 9.21. The molecule has 0 fully saturated rings. The summed E-state index contributed by atoms with van der Waals surface area (Å²) in [6.45, 7) is 3.81. The monoisotopic (exact) mass is 250 g/mol. The van der Waals surface area contributed by atoms with Gasteiger partial charge in [0.15, 0.2) is 0 Å². The second-order valence-corrected chi connectivity index (χ2v) is 3.97. The van der Waals surface area contributed by atoms with Crippen LogP contribution in [0.5, 0.6) is 0 Å². The van der Waals surface area contributed by atoms with Gasteiger partial charge in [0.25, 0.3) is 0 Å². The van der Waals surface area contributed by atoms with Gasteiger partial charge in [-0.2, -0.15) is 4.99 Å². The fraction of sp³-hybridized carbons (Fsp3) is 0. The van der Waals surface area contributed by atoms with Gasteiger partial charge in [-0.1, -0.05) is 28.1 Å². The second-order valence-electron chi connectivity index (χ2n) is 3.05. The molecule has 14 heavy (non-hydrogen) atoms. The largest absolute Gasteiger partial charge is 0.460 e. The zero-order valence-corrected chi connectivity index (χ0v) is 9.01. The molecule has 2 N–H and O–H groups in total. The predicted octanol–water partition coefficient (Wildman–Crippen LogP) is 1.40. The number of hydrogen-bond donors (Lipinski definition) is 2. The van der Waals surface area contributed by atoms with Crippen molar-refractivity contribution in [3.63, 3.8) is 0 Å². The van der Waals surface area contributed by atoms with Crippen LogP contribution in [-0.4, -0.2) is 11.0 Å². The van der Waals surface area contributed by atoms with E-state index in [9.17, 15) is 5.11 Å². The van der Waals surface area contributed by atoms with E-state index in [0.29, 0.717) is 0 Å². The van der Waals surface area contributed by atoms with Gasteiger partial charge in [0.05, 0.1) is 11.6 Å². The molecule has 0 saturated carbocycles. The average molecular weight is 251 g/mol. The van der Waals surface area contributed by atoms with Crippen molar-refractivity contribution < 1.29 is 10.1 Å². The quantitative estimate of drug-likeness (QED) is 0.777. The molecule has 1 heterocycles. The summed E-state index contributed by atoms with van der Waals surface area (Å²) >= 11 is 3.37. The van der Waals surface area contributed by atoms with Gasteiger partial charge in [0.1, 0.15) is 0 Å². The SMILES string of the molecule is C=C1[NH+]=C(O)C=C1c1ccc(Br)cc1. The molecule has 1 aromatic carbocycles. The van der Waals surface area contributed by atoms with Crippen LogP contribution < -0.4 is 4.99 Å². The maximum absolute atomic E-state index is 9.24. The third-order valence-corrected chi connectivity index (χ3v) is 2.57. The Hall–Kier alpha value is -1.35. The summed E-state index contributed by atoms with van der Waals surface area (Å²) in [6.07, 6.45) is 1.67. The molecule has 2 nitrogen and oxygen atoms in total. The van der Waals surface area contributed by atoms with Crippen molar-refractivity contribution in [2.75, 3.05) is 0 Å². The highest BCUT2D eigenvalue weighted by molar-refractivity contribution is 9.10. The van der Waals surface area contributed by atoms with Crippen molar-refractivity contribution in [1.82, 2.24) is 0 Å². The fourth-order valence-corrected chi connectivity index (χ4v) is 1.63. The summed E-state index contributed by atoms with van der Waals surface area (Å²) in [7, 11) is 0. The maximum atomic E-state index is 9.24. The lowest BCUT2D eigenvalue weighted by Crippen LogP contribution is -2.67. The number of hydrogen-bond acceptors (Lipinski definition) is 0. The summed E-state index contributed by atoms with van der Waals surface area (Å²) in [5, 5.41) is 9.24. The molecule has 0 amide bonds. The molecule has 1 aliphatic heterocycles. The first-order valence-corrected chi connectivity index (χ1v) is 4.96. The van der Waals surface area contributed by atoms with E-state index < -0.39 is 0 Å². The van der Waals surface area contributed by atoms with E-state index in [1.54, 1.807) is 6.08 Å². The van der Waals surface area contributed by atoms with Crippen LogP contribution in [0.4, 0.5) is 0 Å². The van der Waals surface area contributed by atoms with Gasteiger partial charge in [0.2, 0.25) is 5.70 Å². The molecule has 0 unspecified atom stereocenters. The Balaban J connectivity index is 2.39. The Labute approximate surface area is 90.4 Å². The molecule has 0 saturated heterocycles. The molecule has 2 rings (SSSR count). The molecule has 0 bridgehead atoms. The fourth-order valence-electron chi connectivity index (χ4n) is 1.37. The van der Waals surface area contributed by atoms with Crippen molar-refractivity contribution in [2.45, 2.75) is 0 Å². The standard InChI is InChI=1S/C11H8BrNO/c1-7-10(6-11(14)13-7)8-2-4-9(12)5-3-8/h2-6H,1H2,(H,13,14)/p+1. The Kier molecular flexibility index (Phi) is 2.25. The van der Waals surface area contributed by atoms with Crippen molar-refractivity contribution in [1.29, 1.82) is 0 Å². The maximum Gasteiger partial charge on any atom is 0.364 e. The van der Waals surface area contributed by atoms with Crippen LogP contribution in [0.15, 0.2) is 47.1 Å². The van der Waals surface area contributed by atoms with Crippen LogP contribution in [0.25, 0.3) is 5.57 Å². The average Bonchev–Trinajstić information content (AvgIpc) is 2.47. The van der Waals surface area contributed by atoms with Gasteiger partial charge in [0, 0.05) is 4.47 Å². The van der Waals surface area contributed by atoms with Crippen LogP contribution in [0, 0.1) is 0 Å². The summed E-state index contributed by atoms with van der Waals surface area (Å²) in [5.41, 5.74) is 2.69. The number of benzene rings is 1. The first-order valence-electron chi connectivity index (χ1n) is 4.16. The number of halogens is 1. The molecule has 70 valence electrons.